The Morgan fingerprint density at radius 2 is 1.88 bits per heavy atom. The van der Waals surface area contributed by atoms with Crippen molar-refractivity contribution < 1.29 is 23.8 Å². The van der Waals surface area contributed by atoms with Crippen LogP contribution in [0.5, 0.6) is 5.75 Å². The first-order valence-electron chi connectivity index (χ1n) is 8.39. The Balaban J connectivity index is 2.00. The number of amides is 1. The Bertz CT molecular complexity index is 774. The summed E-state index contributed by atoms with van der Waals surface area (Å²) >= 11 is 0. The summed E-state index contributed by atoms with van der Waals surface area (Å²) in [5, 5.41) is 11.9. The zero-order valence-electron chi connectivity index (χ0n) is 14.8. The standard InChI is InChI=1S/C20H22FNO4/c1-3-26-16-7-5-14(6-8-16)11-15(20(24)25)12-22-19(23)17-10-13(2)4-9-18(17)21/h4-10,15H,3,11-12H2,1-2H3,(H,22,23)(H,24,25). The second-order valence-corrected chi connectivity index (χ2v) is 6.01. The molecule has 2 aromatic carbocycles. The molecule has 0 spiro atoms. The predicted molar refractivity (Wildman–Crippen MR) is 95.9 cm³/mol. The Labute approximate surface area is 151 Å². The second kappa shape index (κ2) is 8.99. The third-order valence-electron chi connectivity index (χ3n) is 3.94. The normalized spacial score (nSPS) is 11.7. The van der Waals surface area contributed by atoms with E-state index in [1.807, 2.05) is 6.92 Å². The third kappa shape index (κ3) is 5.31. The van der Waals surface area contributed by atoms with Gasteiger partial charge in [0.1, 0.15) is 11.6 Å². The van der Waals surface area contributed by atoms with Gasteiger partial charge in [-0.15, -0.1) is 0 Å². The largest absolute Gasteiger partial charge is 0.494 e. The Morgan fingerprint density at radius 1 is 1.19 bits per heavy atom. The van der Waals surface area contributed by atoms with E-state index in [0.717, 1.165) is 11.1 Å². The molecule has 1 amide bonds. The van der Waals surface area contributed by atoms with Crippen LogP contribution >= 0.6 is 0 Å². The molecule has 2 N–H and O–H groups in total. The molecule has 138 valence electrons. The van der Waals surface area contributed by atoms with Gasteiger partial charge in [-0.2, -0.15) is 0 Å². The first-order valence-corrected chi connectivity index (χ1v) is 8.39. The summed E-state index contributed by atoms with van der Waals surface area (Å²) in [7, 11) is 0. The number of carbonyl (C=O) groups is 2. The molecule has 0 radical (unpaired) electrons. The highest BCUT2D eigenvalue weighted by Crippen LogP contribution is 2.16. The molecule has 2 aromatic rings. The van der Waals surface area contributed by atoms with E-state index in [-0.39, 0.29) is 18.5 Å². The maximum Gasteiger partial charge on any atom is 0.308 e. The average molecular weight is 359 g/mol. The highest BCUT2D eigenvalue weighted by atomic mass is 19.1. The van der Waals surface area contributed by atoms with Gasteiger partial charge in [0, 0.05) is 6.54 Å². The van der Waals surface area contributed by atoms with Crippen LogP contribution < -0.4 is 10.1 Å². The van der Waals surface area contributed by atoms with E-state index in [9.17, 15) is 19.1 Å². The molecule has 0 aliphatic rings. The molecule has 0 aromatic heterocycles. The topological polar surface area (TPSA) is 75.6 Å². The van der Waals surface area contributed by atoms with E-state index >= 15 is 0 Å². The fraction of sp³-hybridized carbons (Fsp3) is 0.300. The molecule has 5 nitrogen and oxygen atoms in total. The lowest BCUT2D eigenvalue weighted by atomic mass is 9.99. The molecule has 0 fully saturated rings. The fourth-order valence-corrected chi connectivity index (χ4v) is 2.54. The number of nitrogens with one attached hydrogen (secondary N) is 1. The highest BCUT2D eigenvalue weighted by Gasteiger charge is 2.20. The van der Waals surface area contributed by atoms with E-state index in [1.165, 1.54) is 12.1 Å². The number of hydrogen-bond acceptors (Lipinski definition) is 3. The number of carboxylic acid groups (broad SMARTS) is 1. The van der Waals surface area contributed by atoms with Crippen LogP contribution in [0.4, 0.5) is 4.39 Å². The molecule has 0 heterocycles. The van der Waals surface area contributed by atoms with Crippen molar-refractivity contribution in [3.05, 3.63) is 65.0 Å². The van der Waals surface area contributed by atoms with Gasteiger partial charge in [0.15, 0.2) is 0 Å². The molecule has 0 aliphatic carbocycles. The number of carboxylic acids is 1. The lowest BCUT2D eigenvalue weighted by molar-refractivity contribution is -0.141. The summed E-state index contributed by atoms with van der Waals surface area (Å²) < 4.78 is 19.1. The first kappa shape index (κ1) is 19.4. The molecule has 1 atom stereocenters. The maximum atomic E-state index is 13.8. The van der Waals surface area contributed by atoms with Gasteiger partial charge in [-0.1, -0.05) is 23.8 Å². The van der Waals surface area contributed by atoms with Gasteiger partial charge in [-0.25, -0.2) is 4.39 Å². The zero-order chi connectivity index (χ0) is 19.1. The van der Waals surface area contributed by atoms with Crippen molar-refractivity contribution >= 4 is 11.9 Å². The van der Waals surface area contributed by atoms with Crippen molar-refractivity contribution in [2.24, 2.45) is 5.92 Å². The molecular weight excluding hydrogens is 337 g/mol. The van der Waals surface area contributed by atoms with E-state index in [1.54, 1.807) is 37.3 Å². The van der Waals surface area contributed by atoms with E-state index in [0.29, 0.717) is 12.4 Å². The van der Waals surface area contributed by atoms with Crippen LogP contribution in [0.1, 0.15) is 28.4 Å². The van der Waals surface area contributed by atoms with E-state index in [2.05, 4.69) is 5.32 Å². The summed E-state index contributed by atoms with van der Waals surface area (Å²) in [6.45, 7) is 4.10. The number of aryl methyl sites for hydroxylation is 1. The molecule has 1 unspecified atom stereocenters. The van der Waals surface area contributed by atoms with Crippen LogP contribution in [0.3, 0.4) is 0 Å². The average Bonchev–Trinajstić information content (AvgIpc) is 2.61. The van der Waals surface area contributed by atoms with Gasteiger partial charge in [0.25, 0.3) is 5.91 Å². The summed E-state index contributed by atoms with van der Waals surface area (Å²) in [5.41, 5.74) is 1.48. The summed E-state index contributed by atoms with van der Waals surface area (Å²) in [6, 6.07) is 11.4. The van der Waals surface area contributed by atoms with Crippen molar-refractivity contribution in [3.8, 4) is 5.75 Å². The van der Waals surface area contributed by atoms with Crippen LogP contribution in [0.25, 0.3) is 0 Å². The Hall–Kier alpha value is -2.89. The lowest BCUT2D eigenvalue weighted by Crippen LogP contribution is -2.34. The van der Waals surface area contributed by atoms with E-state index < -0.39 is 23.6 Å². The molecule has 2 rings (SSSR count). The monoisotopic (exact) mass is 359 g/mol. The number of benzene rings is 2. The summed E-state index contributed by atoms with van der Waals surface area (Å²) in [6.07, 6.45) is 0.248. The van der Waals surface area contributed by atoms with Gasteiger partial charge >= 0.3 is 5.97 Å². The third-order valence-corrected chi connectivity index (χ3v) is 3.94. The van der Waals surface area contributed by atoms with Gasteiger partial charge < -0.3 is 15.2 Å². The minimum absolute atomic E-state index is 0.0878. The summed E-state index contributed by atoms with van der Waals surface area (Å²) in [4.78, 5) is 23.6. The molecule has 0 aliphatic heterocycles. The highest BCUT2D eigenvalue weighted by molar-refractivity contribution is 5.94. The number of rotatable bonds is 8. The van der Waals surface area contributed by atoms with Crippen LogP contribution in [0.15, 0.2) is 42.5 Å². The second-order valence-electron chi connectivity index (χ2n) is 6.01. The molecule has 0 saturated heterocycles. The Morgan fingerprint density at radius 3 is 2.50 bits per heavy atom. The predicted octanol–water partition coefficient (Wildman–Crippen LogP) is 3.21. The molecule has 6 heteroatoms. The molecule has 0 saturated carbocycles. The number of carbonyl (C=O) groups excluding carboxylic acids is 1. The van der Waals surface area contributed by atoms with Crippen LogP contribution in [-0.2, 0) is 11.2 Å². The number of halogens is 1. The van der Waals surface area contributed by atoms with E-state index in [4.69, 9.17) is 4.74 Å². The molecule has 0 bridgehead atoms. The fourth-order valence-electron chi connectivity index (χ4n) is 2.54. The minimum Gasteiger partial charge on any atom is -0.494 e. The lowest BCUT2D eigenvalue weighted by Gasteiger charge is -2.14. The number of hydrogen-bond donors (Lipinski definition) is 2. The van der Waals surface area contributed by atoms with Crippen LogP contribution in [0, 0.1) is 18.7 Å². The number of aliphatic carboxylic acids is 1. The van der Waals surface area contributed by atoms with Crippen molar-refractivity contribution in [3.63, 3.8) is 0 Å². The quantitative estimate of drug-likeness (QED) is 0.759. The van der Waals surface area contributed by atoms with Gasteiger partial charge in [0.2, 0.25) is 0 Å². The van der Waals surface area contributed by atoms with Crippen molar-refractivity contribution in [1.29, 1.82) is 0 Å². The van der Waals surface area contributed by atoms with Crippen LogP contribution in [0.2, 0.25) is 0 Å². The first-order chi connectivity index (χ1) is 12.4. The Kier molecular flexibility index (Phi) is 6.72. The van der Waals surface area contributed by atoms with Crippen molar-refractivity contribution in [2.75, 3.05) is 13.2 Å². The SMILES string of the molecule is CCOc1ccc(CC(CNC(=O)c2cc(C)ccc2F)C(=O)O)cc1. The van der Waals surface area contributed by atoms with Crippen LogP contribution in [-0.4, -0.2) is 30.1 Å². The zero-order valence-corrected chi connectivity index (χ0v) is 14.8. The smallest absolute Gasteiger partial charge is 0.308 e. The van der Waals surface area contributed by atoms with Crippen molar-refractivity contribution in [1.82, 2.24) is 5.32 Å². The van der Waals surface area contributed by atoms with Gasteiger partial charge in [-0.3, -0.25) is 9.59 Å². The van der Waals surface area contributed by atoms with Gasteiger partial charge in [-0.05, 0) is 50.1 Å². The van der Waals surface area contributed by atoms with Gasteiger partial charge in [0.05, 0.1) is 18.1 Å². The molecule has 26 heavy (non-hydrogen) atoms. The molecular formula is C20H22FNO4. The maximum absolute atomic E-state index is 13.8. The minimum atomic E-state index is -1.02. The van der Waals surface area contributed by atoms with Crippen molar-refractivity contribution in [2.45, 2.75) is 20.3 Å². The number of ether oxygens (including phenoxy) is 1. The summed E-state index contributed by atoms with van der Waals surface area (Å²) in [5.74, 6) is -2.38.